The van der Waals surface area contributed by atoms with Crippen LogP contribution in [0, 0.1) is 0 Å². The van der Waals surface area contributed by atoms with Gasteiger partial charge in [-0.15, -0.1) is 22.7 Å². The molecule has 0 saturated carbocycles. The van der Waals surface area contributed by atoms with E-state index in [1.54, 1.807) is 34.6 Å². The van der Waals surface area contributed by atoms with Gasteiger partial charge in [-0.1, -0.05) is 12.1 Å². The lowest BCUT2D eigenvalue weighted by molar-refractivity contribution is -0.127. The molecule has 0 bridgehead atoms. The molecule has 140 valence electrons. The van der Waals surface area contributed by atoms with Gasteiger partial charge >= 0.3 is 5.69 Å². The van der Waals surface area contributed by atoms with Crippen molar-refractivity contribution in [3.8, 4) is 0 Å². The number of nitrogens with zero attached hydrogens (tertiary/aromatic N) is 3. The van der Waals surface area contributed by atoms with E-state index in [0.717, 1.165) is 14.3 Å². The van der Waals surface area contributed by atoms with Crippen LogP contribution in [-0.4, -0.2) is 19.9 Å². The van der Waals surface area contributed by atoms with E-state index < -0.39 is 11.2 Å². The van der Waals surface area contributed by atoms with Gasteiger partial charge in [0.1, 0.15) is 0 Å². The second-order valence-electron chi connectivity index (χ2n) is 6.03. The molecule has 3 aromatic rings. The van der Waals surface area contributed by atoms with E-state index in [1.807, 2.05) is 35.0 Å². The molecule has 6 nitrogen and oxygen atoms in total. The molecular formula is C19H19N3O3S2. The molecule has 0 N–H and O–H groups in total. The lowest BCUT2D eigenvalue weighted by atomic mass is 10.2. The predicted molar refractivity (Wildman–Crippen MR) is 109 cm³/mol. The van der Waals surface area contributed by atoms with Crippen LogP contribution < -0.4 is 11.2 Å². The average Bonchev–Trinajstić information content (AvgIpc) is 3.35. The number of amides is 1. The minimum absolute atomic E-state index is 0.187. The van der Waals surface area contributed by atoms with Crippen molar-refractivity contribution in [1.82, 2.24) is 14.0 Å². The van der Waals surface area contributed by atoms with Gasteiger partial charge in [0.05, 0.1) is 18.7 Å². The smallest absolute Gasteiger partial charge is 0.329 e. The molecule has 0 fully saturated rings. The Bertz CT molecular complexity index is 1020. The Morgan fingerprint density at radius 3 is 2.19 bits per heavy atom. The molecule has 8 heteroatoms. The lowest BCUT2D eigenvalue weighted by Crippen LogP contribution is -2.37. The molecular weight excluding hydrogens is 382 g/mol. The highest BCUT2D eigenvalue weighted by Gasteiger charge is 2.14. The van der Waals surface area contributed by atoms with Crippen LogP contribution in [0.25, 0.3) is 6.08 Å². The van der Waals surface area contributed by atoms with Gasteiger partial charge < -0.3 is 9.47 Å². The van der Waals surface area contributed by atoms with Crippen LogP contribution in [0.4, 0.5) is 0 Å². The summed E-state index contributed by atoms with van der Waals surface area (Å²) in [5.41, 5.74) is -0.536. The Morgan fingerprint density at radius 2 is 1.67 bits per heavy atom. The van der Waals surface area contributed by atoms with Crippen molar-refractivity contribution in [1.29, 1.82) is 0 Å². The first-order chi connectivity index (χ1) is 13.0. The molecule has 1 amide bonds. The highest BCUT2D eigenvalue weighted by molar-refractivity contribution is 7.10. The zero-order valence-corrected chi connectivity index (χ0v) is 16.6. The van der Waals surface area contributed by atoms with Gasteiger partial charge in [-0.3, -0.25) is 14.2 Å². The minimum Gasteiger partial charge on any atom is -0.329 e. The van der Waals surface area contributed by atoms with E-state index in [2.05, 4.69) is 0 Å². The lowest BCUT2D eigenvalue weighted by Gasteiger charge is -2.20. The van der Waals surface area contributed by atoms with Crippen molar-refractivity contribution in [3.63, 3.8) is 0 Å². The van der Waals surface area contributed by atoms with Crippen LogP contribution in [-0.2, 0) is 32.0 Å². The second-order valence-corrected chi connectivity index (χ2v) is 8.09. The molecule has 0 unspecified atom stereocenters. The topological polar surface area (TPSA) is 64.3 Å². The average molecular weight is 402 g/mol. The Labute approximate surface area is 164 Å². The molecule has 0 saturated heterocycles. The SMILES string of the molecule is Cn1cc(/C=C/C(=O)N(Cc2cccs2)Cc2cccs2)c(=O)n(C)c1=O. The normalized spacial score (nSPS) is 11.2. The van der Waals surface area contributed by atoms with E-state index in [4.69, 9.17) is 0 Å². The first-order valence-electron chi connectivity index (χ1n) is 8.24. The second kappa shape index (κ2) is 8.32. The van der Waals surface area contributed by atoms with Gasteiger partial charge in [0.15, 0.2) is 0 Å². The summed E-state index contributed by atoms with van der Waals surface area (Å²) in [6.07, 6.45) is 4.31. The summed E-state index contributed by atoms with van der Waals surface area (Å²) in [4.78, 5) is 40.7. The first kappa shape index (κ1) is 19.1. The predicted octanol–water partition coefficient (Wildman–Crippen LogP) is 2.45. The summed E-state index contributed by atoms with van der Waals surface area (Å²) in [6.45, 7) is 1.01. The first-order valence-corrected chi connectivity index (χ1v) is 10.00. The standard InChI is InChI=1S/C19H19N3O3S2/c1-20-11-14(18(24)21(2)19(20)25)7-8-17(23)22(12-15-5-3-9-26-15)13-16-6-4-10-27-16/h3-11H,12-13H2,1-2H3/b8-7+. The van der Waals surface area contributed by atoms with E-state index in [-0.39, 0.29) is 5.91 Å². The number of thiophene rings is 2. The van der Waals surface area contributed by atoms with Gasteiger partial charge in [0.25, 0.3) is 5.56 Å². The third kappa shape index (κ3) is 4.53. The Kier molecular flexibility index (Phi) is 5.88. The Balaban J connectivity index is 1.84. The number of aromatic nitrogens is 2. The van der Waals surface area contributed by atoms with Crippen LogP contribution in [0.3, 0.4) is 0 Å². The van der Waals surface area contributed by atoms with Gasteiger partial charge in [-0.2, -0.15) is 0 Å². The molecule has 27 heavy (non-hydrogen) atoms. The van der Waals surface area contributed by atoms with Crippen LogP contribution in [0.5, 0.6) is 0 Å². The number of carbonyl (C=O) groups is 1. The summed E-state index contributed by atoms with van der Waals surface area (Å²) in [7, 11) is 2.99. The van der Waals surface area contributed by atoms with Crippen molar-refractivity contribution in [2.45, 2.75) is 13.1 Å². The molecule has 0 radical (unpaired) electrons. The maximum Gasteiger partial charge on any atom is 0.330 e. The maximum absolute atomic E-state index is 12.8. The maximum atomic E-state index is 12.8. The zero-order valence-electron chi connectivity index (χ0n) is 15.0. The van der Waals surface area contributed by atoms with Gasteiger partial charge in [0.2, 0.25) is 5.91 Å². The molecule has 3 heterocycles. The highest BCUT2D eigenvalue weighted by Crippen LogP contribution is 2.17. The monoisotopic (exact) mass is 401 g/mol. The fourth-order valence-corrected chi connectivity index (χ4v) is 4.05. The van der Waals surface area contributed by atoms with Crippen molar-refractivity contribution >= 4 is 34.7 Å². The van der Waals surface area contributed by atoms with Gasteiger partial charge in [-0.25, -0.2) is 4.79 Å². The third-order valence-electron chi connectivity index (χ3n) is 4.04. The molecule has 0 aliphatic carbocycles. The number of rotatable bonds is 6. The molecule has 0 spiro atoms. The Hall–Kier alpha value is -2.71. The molecule has 0 aliphatic rings. The summed E-state index contributed by atoms with van der Waals surface area (Å²) < 4.78 is 2.35. The van der Waals surface area contributed by atoms with E-state index in [0.29, 0.717) is 18.7 Å². The van der Waals surface area contributed by atoms with Crippen molar-refractivity contribution in [2.24, 2.45) is 14.1 Å². The van der Waals surface area contributed by atoms with Crippen LogP contribution in [0.1, 0.15) is 15.3 Å². The summed E-state index contributed by atoms with van der Waals surface area (Å²) >= 11 is 3.20. The number of hydrogen-bond acceptors (Lipinski definition) is 5. The quantitative estimate of drug-likeness (QED) is 0.596. The van der Waals surface area contributed by atoms with E-state index in [1.165, 1.54) is 30.0 Å². The number of carbonyl (C=O) groups excluding carboxylic acids is 1. The highest BCUT2D eigenvalue weighted by atomic mass is 32.1. The molecule has 0 aromatic carbocycles. The fraction of sp³-hybridized carbons (Fsp3) is 0.211. The van der Waals surface area contributed by atoms with Crippen LogP contribution >= 0.6 is 22.7 Å². The molecule has 3 aromatic heterocycles. The van der Waals surface area contributed by atoms with Crippen LogP contribution in [0.2, 0.25) is 0 Å². The minimum atomic E-state index is -0.426. The molecule has 0 aliphatic heterocycles. The van der Waals surface area contributed by atoms with E-state index >= 15 is 0 Å². The fourth-order valence-electron chi connectivity index (χ4n) is 2.61. The van der Waals surface area contributed by atoms with Crippen molar-refractivity contribution in [3.05, 3.63) is 83.5 Å². The number of hydrogen-bond donors (Lipinski definition) is 0. The summed E-state index contributed by atoms with van der Waals surface area (Å²) in [6, 6.07) is 7.90. The van der Waals surface area contributed by atoms with Crippen molar-refractivity contribution < 1.29 is 4.79 Å². The van der Waals surface area contributed by atoms with Crippen molar-refractivity contribution in [2.75, 3.05) is 0 Å². The number of aryl methyl sites for hydroxylation is 1. The Morgan fingerprint density at radius 1 is 1.07 bits per heavy atom. The van der Waals surface area contributed by atoms with Gasteiger partial charge in [-0.05, 0) is 29.0 Å². The van der Waals surface area contributed by atoms with Gasteiger partial charge in [0, 0.05) is 36.1 Å². The molecule has 0 atom stereocenters. The van der Waals surface area contributed by atoms with E-state index in [9.17, 15) is 14.4 Å². The molecule has 3 rings (SSSR count). The van der Waals surface area contributed by atoms with Crippen LogP contribution in [0.15, 0.2) is 56.9 Å². The zero-order chi connectivity index (χ0) is 19.4. The largest absolute Gasteiger partial charge is 0.330 e. The summed E-state index contributed by atoms with van der Waals surface area (Å²) in [5, 5.41) is 3.96. The summed E-state index contributed by atoms with van der Waals surface area (Å²) in [5.74, 6) is -0.187. The third-order valence-corrected chi connectivity index (χ3v) is 5.77.